The van der Waals surface area contributed by atoms with Crippen molar-refractivity contribution in [1.29, 1.82) is 0 Å². The van der Waals surface area contributed by atoms with Gasteiger partial charge < -0.3 is 13.8 Å². The van der Waals surface area contributed by atoms with Crippen molar-refractivity contribution in [2.75, 3.05) is 0 Å². The number of rotatable bonds is 6. The number of carbonyl (C=O) groups is 1. The van der Waals surface area contributed by atoms with E-state index in [1.807, 2.05) is 0 Å². The molecule has 0 aliphatic rings. The molecule has 5 nitrogen and oxygen atoms in total. The number of benzene rings is 3. The molecule has 3 rings (SSSR count). The molecule has 0 aliphatic carbocycles. The molecule has 0 aliphatic heterocycles. The maximum atomic E-state index is 13.4. The lowest BCUT2D eigenvalue weighted by Gasteiger charge is -2.19. The summed E-state index contributed by atoms with van der Waals surface area (Å²) < 4.78 is 29.3. The molecule has 0 saturated carbocycles. The van der Waals surface area contributed by atoms with E-state index >= 15 is 0 Å². The fraction of sp³-hybridized carbons (Fsp3) is 0. The predicted molar refractivity (Wildman–Crippen MR) is 114 cm³/mol. The molecule has 0 radical (unpaired) electrons. The summed E-state index contributed by atoms with van der Waals surface area (Å²) in [5, 5.41) is 0.792. The standard InChI is InChI=1S/C19H11Cl4O5P/c20-15-8-6-13(10-17(15)22)27-29(25,19(24)26-12-4-2-1-3-5-12)28-14-7-9-16(21)18(23)11-14/h1-11H. The van der Waals surface area contributed by atoms with E-state index in [0.717, 1.165) is 0 Å². The van der Waals surface area contributed by atoms with Crippen LogP contribution in [0, 0.1) is 0 Å². The van der Waals surface area contributed by atoms with Crippen LogP contribution in [0.5, 0.6) is 17.2 Å². The molecule has 0 bridgehead atoms. The maximum absolute atomic E-state index is 13.4. The highest BCUT2D eigenvalue weighted by Gasteiger charge is 2.42. The summed E-state index contributed by atoms with van der Waals surface area (Å²) in [6.45, 7) is 0. The molecule has 10 heteroatoms. The Morgan fingerprint density at radius 1 is 0.655 bits per heavy atom. The number of para-hydroxylation sites is 1. The van der Waals surface area contributed by atoms with Crippen LogP contribution in [0.1, 0.15) is 0 Å². The normalized spacial score (nSPS) is 11.0. The maximum Gasteiger partial charge on any atom is 0.540 e. The van der Waals surface area contributed by atoms with Gasteiger partial charge in [-0.15, -0.1) is 0 Å². The molecule has 3 aromatic carbocycles. The molecule has 0 fully saturated rings. The van der Waals surface area contributed by atoms with Gasteiger partial charge in [-0.3, -0.25) is 0 Å². The summed E-state index contributed by atoms with van der Waals surface area (Å²) in [7, 11) is -4.55. The Hall–Kier alpha value is -1.88. The summed E-state index contributed by atoms with van der Waals surface area (Å²) in [5.74, 6) is 0.147. The van der Waals surface area contributed by atoms with Gasteiger partial charge in [0.15, 0.2) is 0 Å². The predicted octanol–water partition coefficient (Wildman–Crippen LogP) is 8.15. The second-order valence-corrected chi connectivity index (χ2v) is 8.87. The van der Waals surface area contributed by atoms with Crippen LogP contribution in [-0.4, -0.2) is 5.71 Å². The number of hydrogen-bond acceptors (Lipinski definition) is 5. The Labute approximate surface area is 186 Å². The minimum atomic E-state index is -4.55. The molecule has 0 heterocycles. The number of carbonyl (C=O) groups excluding carboxylic acids is 1. The monoisotopic (exact) mass is 490 g/mol. The zero-order valence-corrected chi connectivity index (χ0v) is 18.3. The van der Waals surface area contributed by atoms with Crippen LogP contribution in [0.3, 0.4) is 0 Å². The Balaban J connectivity index is 1.94. The third-order valence-corrected chi connectivity index (χ3v) is 6.32. The molecule has 0 unspecified atom stereocenters. The lowest BCUT2D eigenvalue weighted by atomic mass is 10.3. The highest BCUT2D eigenvalue weighted by molar-refractivity contribution is 7.72. The van der Waals surface area contributed by atoms with Crippen LogP contribution in [0.25, 0.3) is 0 Å². The van der Waals surface area contributed by atoms with Crippen LogP contribution in [0.2, 0.25) is 20.1 Å². The van der Waals surface area contributed by atoms with Crippen molar-refractivity contribution >= 4 is 59.7 Å². The largest absolute Gasteiger partial charge is 0.540 e. The highest BCUT2D eigenvalue weighted by Crippen LogP contribution is 2.51. The highest BCUT2D eigenvalue weighted by atomic mass is 35.5. The SMILES string of the molecule is O=C(Oc1ccccc1)P(=O)(Oc1ccc(Cl)c(Cl)c1)Oc1ccc(Cl)c(Cl)c1. The minimum absolute atomic E-state index is 0.00666. The first-order valence-electron chi connectivity index (χ1n) is 7.93. The van der Waals surface area contributed by atoms with Gasteiger partial charge in [0.2, 0.25) is 0 Å². The topological polar surface area (TPSA) is 61.8 Å². The first-order chi connectivity index (χ1) is 13.8. The molecule has 0 amide bonds. The molecule has 0 saturated heterocycles. The summed E-state index contributed by atoms with van der Waals surface area (Å²) in [6.07, 6.45) is 0. The summed E-state index contributed by atoms with van der Waals surface area (Å²) in [5.41, 5.74) is -1.24. The summed E-state index contributed by atoms with van der Waals surface area (Å²) >= 11 is 23.7. The van der Waals surface area contributed by atoms with Crippen LogP contribution in [0.15, 0.2) is 66.7 Å². The Bertz CT molecular complexity index is 1030. The smallest absolute Gasteiger partial charge is 0.416 e. The van der Waals surface area contributed by atoms with Gasteiger partial charge in [0, 0.05) is 12.1 Å². The average Bonchev–Trinajstić information content (AvgIpc) is 2.68. The Morgan fingerprint density at radius 3 is 1.59 bits per heavy atom. The summed E-state index contributed by atoms with van der Waals surface area (Å²) in [6, 6.07) is 16.3. The van der Waals surface area contributed by atoms with Gasteiger partial charge in [0.05, 0.1) is 20.1 Å². The van der Waals surface area contributed by atoms with E-state index < -0.39 is 13.3 Å². The van der Waals surface area contributed by atoms with Gasteiger partial charge in [-0.1, -0.05) is 64.6 Å². The van der Waals surface area contributed by atoms with Crippen molar-refractivity contribution in [2.24, 2.45) is 0 Å². The second kappa shape index (κ2) is 9.29. The van der Waals surface area contributed by atoms with Crippen LogP contribution < -0.4 is 13.8 Å². The fourth-order valence-electron chi connectivity index (χ4n) is 2.08. The van der Waals surface area contributed by atoms with E-state index in [1.54, 1.807) is 18.2 Å². The van der Waals surface area contributed by atoms with Crippen LogP contribution >= 0.6 is 54.0 Å². The Morgan fingerprint density at radius 2 is 1.14 bits per heavy atom. The van der Waals surface area contributed by atoms with Gasteiger partial charge in [-0.25, -0.2) is 9.36 Å². The molecule has 0 spiro atoms. The van der Waals surface area contributed by atoms with Crippen molar-refractivity contribution in [3.63, 3.8) is 0 Å². The van der Waals surface area contributed by atoms with Gasteiger partial charge in [0.1, 0.15) is 17.2 Å². The number of ether oxygens (including phenoxy) is 1. The number of halogens is 4. The van der Waals surface area contributed by atoms with E-state index in [4.69, 9.17) is 60.2 Å². The molecule has 0 atom stereocenters. The van der Waals surface area contributed by atoms with Crippen molar-refractivity contribution in [3.05, 3.63) is 86.8 Å². The van der Waals surface area contributed by atoms with Gasteiger partial charge >= 0.3 is 13.3 Å². The molecular formula is C19H11Cl4O5P. The van der Waals surface area contributed by atoms with Crippen LogP contribution in [-0.2, 0) is 4.57 Å². The molecule has 29 heavy (non-hydrogen) atoms. The molecule has 150 valence electrons. The number of hydrogen-bond donors (Lipinski definition) is 0. The van der Waals surface area contributed by atoms with Gasteiger partial charge in [0.25, 0.3) is 0 Å². The first-order valence-corrected chi connectivity index (χ1v) is 11.0. The first kappa shape index (κ1) is 21.8. The fourth-order valence-corrected chi connectivity index (χ4v) is 3.85. The lowest BCUT2D eigenvalue weighted by Crippen LogP contribution is -2.15. The van der Waals surface area contributed by atoms with E-state index in [0.29, 0.717) is 0 Å². The molecule has 0 N–H and O–H groups in total. The van der Waals surface area contributed by atoms with E-state index in [2.05, 4.69) is 0 Å². The van der Waals surface area contributed by atoms with Crippen molar-refractivity contribution < 1.29 is 23.1 Å². The zero-order chi connectivity index (χ0) is 21.0. The van der Waals surface area contributed by atoms with E-state index in [-0.39, 0.29) is 37.3 Å². The zero-order valence-electron chi connectivity index (χ0n) is 14.4. The average molecular weight is 492 g/mol. The van der Waals surface area contributed by atoms with E-state index in [9.17, 15) is 9.36 Å². The second-order valence-electron chi connectivity index (χ2n) is 5.51. The van der Waals surface area contributed by atoms with Crippen molar-refractivity contribution in [1.82, 2.24) is 0 Å². The van der Waals surface area contributed by atoms with Crippen LogP contribution in [0.4, 0.5) is 4.79 Å². The van der Waals surface area contributed by atoms with Gasteiger partial charge in [-0.05, 0) is 36.4 Å². The van der Waals surface area contributed by atoms with Gasteiger partial charge in [-0.2, -0.15) is 0 Å². The molecule has 0 aromatic heterocycles. The lowest BCUT2D eigenvalue weighted by molar-refractivity contribution is 0.215. The molecule has 3 aromatic rings. The van der Waals surface area contributed by atoms with Crippen molar-refractivity contribution in [2.45, 2.75) is 0 Å². The third kappa shape index (κ3) is 5.59. The summed E-state index contributed by atoms with van der Waals surface area (Å²) in [4.78, 5) is 12.7. The minimum Gasteiger partial charge on any atom is -0.416 e. The van der Waals surface area contributed by atoms with E-state index in [1.165, 1.54) is 48.5 Å². The Kier molecular flexibility index (Phi) is 6.99. The van der Waals surface area contributed by atoms with Crippen molar-refractivity contribution in [3.8, 4) is 17.2 Å². The molecular weight excluding hydrogens is 481 g/mol. The quantitative estimate of drug-likeness (QED) is 0.325. The third-order valence-electron chi connectivity index (χ3n) is 3.41.